The fourth-order valence-corrected chi connectivity index (χ4v) is 4.52. The lowest BCUT2D eigenvalue weighted by Gasteiger charge is -2.31. The Morgan fingerprint density at radius 2 is 1.60 bits per heavy atom. The summed E-state index contributed by atoms with van der Waals surface area (Å²) in [5, 5.41) is 3.55. The molecule has 2 aromatic carbocycles. The molecule has 0 saturated heterocycles. The van der Waals surface area contributed by atoms with E-state index in [2.05, 4.69) is 29.6 Å². The molecule has 4 heteroatoms. The predicted molar refractivity (Wildman–Crippen MR) is 104 cm³/mol. The summed E-state index contributed by atoms with van der Waals surface area (Å²) in [5.41, 5.74) is 2.35. The highest BCUT2D eigenvalue weighted by molar-refractivity contribution is 7.99. The zero-order valence-corrected chi connectivity index (χ0v) is 15.2. The Hall–Kier alpha value is -1.94. The molecule has 1 fully saturated rings. The zero-order chi connectivity index (χ0) is 17.3. The number of rotatable bonds is 6. The summed E-state index contributed by atoms with van der Waals surface area (Å²) in [7, 11) is 0. The largest absolute Gasteiger partial charge is 0.445 e. The highest BCUT2D eigenvalue weighted by atomic mass is 32.2. The van der Waals surface area contributed by atoms with Gasteiger partial charge in [0, 0.05) is 17.0 Å². The summed E-state index contributed by atoms with van der Waals surface area (Å²) in [5.74, 6) is 0.989. The van der Waals surface area contributed by atoms with Gasteiger partial charge in [0.25, 0.3) is 0 Å². The number of alkyl carbamates (subject to hydrolysis) is 1. The molecule has 132 valence electrons. The van der Waals surface area contributed by atoms with Crippen LogP contribution in [0.5, 0.6) is 0 Å². The average molecular weight is 356 g/mol. The Labute approximate surface area is 154 Å². The van der Waals surface area contributed by atoms with Gasteiger partial charge in [0.2, 0.25) is 0 Å². The Balaban J connectivity index is 1.47. The van der Waals surface area contributed by atoms with Crippen molar-refractivity contribution in [2.45, 2.75) is 49.3 Å². The molecule has 3 nitrogen and oxygen atoms in total. The SMILES string of the molecule is O=C(N[C@@H]1CCCC[C@H]1SCc1ccccc1)OCc1ccccc1. The summed E-state index contributed by atoms with van der Waals surface area (Å²) >= 11 is 1.94. The summed E-state index contributed by atoms with van der Waals surface area (Å²) in [6, 6.07) is 20.5. The second-order valence-electron chi connectivity index (χ2n) is 6.43. The molecule has 1 amide bonds. The standard InChI is InChI=1S/C21H25NO2S/c23-21(24-15-17-9-3-1-4-10-17)22-19-13-7-8-14-20(19)25-16-18-11-5-2-6-12-18/h1-6,9-12,19-20H,7-8,13-16H2,(H,22,23)/t19-,20-/m1/s1. The van der Waals surface area contributed by atoms with Crippen molar-refractivity contribution < 1.29 is 9.53 Å². The molecular formula is C21H25NO2S. The monoisotopic (exact) mass is 355 g/mol. The maximum absolute atomic E-state index is 12.2. The molecule has 1 N–H and O–H groups in total. The van der Waals surface area contributed by atoms with Crippen molar-refractivity contribution in [1.82, 2.24) is 5.32 Å². The minimum Gasteiger partial charge on any atom is -0.445 e. The third-order valence-electron chi connectivity index (χ3n) is 4.53. The maximum atomic E-state index is 12.2. The molecule has 1 saturated carbocycles. The molecule has 0 radical (unpaired) electrons. The second-order valence-corrected chi connectivity index (χ2v) is 7.66. The van der Waals surface area contributed by atoms with Crippen molar-refractivity contribution in [2.75, 3.05) is 0 Å². The number of amides is 1. The van der Waals surface area contributed by atoms with E-state index in [0.717, 1.165) is 24.2 Å². The van der Waals surface area contributed by atoms with E-state index < -0.39 is 0 Å². The molecule has 3 rings (SSSR count). The van der Waals surface area contributed by atoms with Crippen molar-refractivity contribution >= 4 is 17.9 Å². The van der Waals surface area contributed by atoms with Crippen LogP contribution in [0.15, 0.2) is 60.7 Å². The molecule has 1 aliphatic carbocycles. The molecule has 0 aromatic heterocycles. The molecule has 0 unspecified atom stereocenters. The number of nitrogens with one attached hydrogen (secondary N) is 1. The lowest BCUT2D eigenvalue weighted by Crippen LogP contribution is -2.44. The van der Waals surface area contributed by atoms with Crippen molar-refractivity contribution in [3.63, 3.8) is 0 Å². The molecule has 0 bridgehead atoms. The van der Waals surface area contributed by atoms with Gasteiger partial charge in [-0.1, -0.05) is 73.5 Å². The number of carbonyl (C=O) groups excluding carboxylic acids is 1. The topological polar surface area (TPSA) is 38.3 Å². The number of hydrogen-bond donors (Lipinski definition) is 1. The fraction of sp³-hybridized carbons (Fsp3) is 0.381. The van der Waals surface area contributed by atoms with E-state index in [-0.39, 0.29) is 12.1 Å². The highest BCUT2D eigenvalue weighted by Crippen LogP contribution is 2.31. The Bertz CT molecular complexity index is 647. The van der Waals surface area contributed by atoms with Gasteiger partial charge in [0.05, 0.1) is 0 Å². The van der Waals surface area contributed by atoms with E-state index in [9.17, 15) is 4.79 Å². The summed E-state index contributed by atoms with van der Waals surface area (Å²) in [6.07, 6.45) is 4.30. The summed E-state index contributed by atoms with van der Waals surface area (Å²) < 4.78 is 5.38. The van der Waals surface area contributed by atoms with Crippen LogP contribution in [0.25, 0.3) is 0 Å². The molecule has 2 aromatic rings. The van der Waals surface area contributed by atoms with Gasteiger partial charge in [0.1, 0.15) is 6.61 Å². The molecule has 2 atom stereocenters. The minimum atomic E-state index is -0.305. The van der Waals surface area contributed by atoms with E-state index in [1.165, 1.54) is 18.4 Å². The van der Waals surface area contributed by atoms with Gasteiger partial charge in [-0.15, -0.1) is 0 Å². The van der Waals surface area contributed by atoms with Crippen LogP contribution in [-0.2, 0) is 17.1 Å². The van der Waals surface area contributed by atoms with Crippen molar-refractivity contribution in [3.05, 3.63) is 71.8 Å². The average Bonchev–Trinajstić information content (AvgIpc) is 2.67. The molecule has 25 heavy (non-hydrogen) atoms. The first-order valence-electron chi connectivity index (χ1n) is 8.94. The zero-order valence-electron chi connectivity index (χ0n) is 14.4. The van der Waals surface area contributed by atoms with Crippen LogP contribution in [-0.4, -0.2) is 17.4 Å². The quantitative estimate of drug-likeness (QED) is 0.778. The van der Waals surface area contributed by atoms with Gasteiger partial charge in [-0.2, -0.15) is 11.8 Å². The predicted octanol–water partition coefficient (Wildman–Crippen LogP) is 5.16. The normalized spacial score (nSPS) is 20.0. The van der Waals surface area contributed by atoms with E-state index >= 15 is 0 Å². The van der Waals surface area contributed by atoms with Crippen LogP contribution in [0.3, 0.4) is 0 Å². The van der Waals surface area contributed by atoms with Crippen LogP contribution >= 0.6 is 11.8 Å². The van der Waals surface area contributed by atoms with Gasteiger partial charge in [-0.3, -0.25) is 0 Å². The first-order chi connectivity index (χ1) is 12.3. The Morgan fingerprint density at radius 3 is 2.32 bits per heavy atom. The lowest BCUT2D eigenvalue weighted by atomic mass is 9.95. The van der Waals surface area contributed by atoms with Crippen molar-refractivity contribution in [1.29, 1.82) is 0 Å². The van der Waals surface area contributed by atoms with Gasteiger partial charge in [0.15, 0.2) is 0 Å². The third-order valence-corrected chi connectivity index (χ3v) is 6.02. The van der Waals surface area contributed by atoms with Gasteiger partial charge < -0.3 is 10.1 Å². The van der Waals surface area contributed by atoms with Gasteiger partial charge >= 0.3 is 6.09 Å². The van der Waals surface area contributed by atoms with E-state index in [4.69, 9.17) is 4.74 Å². The number of ether oxygens (including phenoxy) is 1. The summed E-state index contributed by atoms with van der Waals surface area (Å²) in [4.78, 5) is 12.2. The van der Waals surface area contributed by atoms with E-state index in [1.54, 1.807) is 0 Å². The van der Waals surface area contributed by atoms with Gasteiger partial charge in [-0.05, 0) is 24.0 Å². The van der Waals surface area contributed by atoms with Crippen molar-refractivity contribution in [3.8, 4) is 0 Å². The Morgan fingerprint density at radius 1 is 0.960 bits per heavy atom. The molecule has 0 aliphatic heterocycles. The molecular weight excluding hydrogens is 330 g/mol. The molecule has 0 heterocycles. The minimum absolute atomic E-state index is 0.200. The molecule has 1 aliphatic rings. The van der Waals surface area contributed by atoms with Crippen LogP contribution in [0, 0.1) is 0 Å². The van der Waals surface area contributed by atoms with Crippen LogP contribution in [0.2, 0.25) is 0 Å². The highest BCUT2D eigenvalue weighted by Gasteiger charge is 2.27. The second kappa shape index (κ2) is 9.52. The maximum Gasteiger partial charge on any atom is 0.407 e. The number of benzene rings is 2. The fourth-order valence-electron chi connectivity index (χ4n) is 3.16. The number of hydrogen-bond acceptors (Lipinski definition) is 3. The van der Waals surface area contributed by atoms with Crippen LogP contribution in [0.4, 0.5) is 4.79 Å². The molecule has 0 spiro atoms. The number of carbonyl (C=O) groups is 1. The first kappa shape index (κ1) is 17.9. The third kappa shape index (κ3) is 5.82. The lowest BCUT2D eigenvalue weighted by molar-refractivity contribution is 0.133. The van der Waals surface area contributed by atoms with E-state index in [1.807, 2.05) is 48.2 Å². The van der Waals surface area contributed by atoms with E-state index in [0.29, 0.717) is 11.9 Å². The van der Waals surface area contributed by atoms with Gasteiger partial charge in [-0.25, -0.2) is 4.79 Å². The Kier molecular flexibility index (Phi) is 6.80. The number of thioether (sulfide) groups is 1. The first-order valence-corrected chi connectivity index (χ1v) is 9.99. The smallest absolute Gasteiger partial charge is 0.407 e. The summed E-state index contributed by atoms with van der Waals surface area (Å²) in [6.45, 7) is 0.321. The van der Waals surface area contributed by atoms with Crippen LogP contribution < -0.4 is 5.32 Å². The van der Waals surface area contributed by atoms with Crippen molar-refractivity contribution in [2.24, 2.45) is 0 Å². The van der Waals surface area contributed by atoms with Crippen LogP contribution in [0.1, 0.15) is 36.8 Å².